The van der Waals surface area contributed by atoms with Gasteiger partial charge < -0.3 is 0 Å². The predicted octanol–water partition coefficient (Wildman–Crippen LogP) is 2.73. The number of aromatic amines is 1. The first-order valence-electron chi connectivity index (χ1n) is 5.88. The minimum atomic E-state index is -0.187. The zero-order valence-corrected chi connectivity index (χ0v) is 11.2. The Hall–Kier alpha value is -1.62. The number of rotatable bonds is 5. The van der Waals surface area contributed by atoms with Gasteiger partial charge in [-0.3, -0.25) is 9.89 Å². The van der Waals surface area contributed by atoms with Crippen molar-refractivity contribution < 1.29 is 4.79 Å². The van der Waals surface area contributed by atoms with Crippen molar-refractivity contribution >= 4 is 17.5 Å². The Morgan fingerprint density at radius 3 is 2.72 bits per heavy atom. The fourth-order valence-corrected chi connectivity index (χ4v) is 2.36. The molecule has 0 fully saturated rings. The highest BCUT2D eigenvalue weighted by atomic mass is 32.2. The van der Waals surface area contributed by atoms with E-state index in [2.05, 4.69) is 15.2 Å². The lowest BCUT2D eigenvalue weighted by atomic mass is 10.1. The molecule has 1 unspecified atom stereocenters. The van der Waals surface area contributed by atoms with Crippen molar-refractivity contribution in [3.63, 3.8) is 0 Å². The smallest absolute Gasteiger partial charge is 0.209 e. The molecule has 0 spiro atoms. The number of aryl methyl sites for hydroxylation is 1. The van der Waals surface area contributed by atoms with E-state index in [1.807, 2.05) is 44.2 Å². The molecular formula is C13H15N3OS. The summed E-state index contributed by atoms with van der Waals surface area (Å²) in [5.74, 6) is 0.945. The van der Waals surface area contributed by atoms with Gasteiger partial charge in [0.1, 0.15) is 5.82 Å². The van der Waals surface area contributed by atoms with Crippen LogP contribution in [0.5, 0.6) is 0 Å². The number of nitrogens with one attached hydrogen (secondary N) is 1. The fraction of sp³-hybridized carbons (Fsp3) is 0.308. The number of Topliss-reactive ketones (excluding diaryl/α,β-unsaturated/α-hetero) is 1. The summed E-state index contributed by atoms with van der Waals surface area (Å²) in [6.07, 6.45) is 0.814. The standard InChI is InChI=1S/C13H15N3OS/c1-3-11-14-13(16-15-11)18-9(2)12(17)10-7-5-4-6-8-10/h4-9H,3H2,1-2H3,(H,14,15,16). The lowest BCUT2D eigenvalue weighted by molar-refractivity contribution is 0.0994. The Bertz CT molecular complexity index is 524. The third-order valence-corrected chi connectivity index (χ3v) is 3.52. The van der Waals surface area contributed by atoms with Crippen LogP contribution in [0.15, 0.2) is 35.5 Å². The first kappa shape index (κ1) is 12.8. The van der Waals surface area contributed by atoms with E-state index in [1.54, 1.807) is 0 Å². The Morgan fingerprint density at radius 1 is 1.39 bits per heavy atom. The van der Waals surface area contributed by atoms with Crippen molar-refractivity contribution in [3.05, 3.63) is 41.7 Å². The van der Waals surface area contributed by atoms with Crippen LogP contribution in [0.1, 0.15) is 30.0 Å². The summed E-state index contributed by atoms with van der Waals surface area (Å²) in [4.78, 5) is 16.4. The van der Waals surface area contributed by atoms with E-state index in [1.165, 1.54) is 11.8 Å². The van der Waals surface area contributed by atoms with Crippen molar-refractivity contribution in [2.75, 3.05) is 0 Å². The van der Waals surface area contributed by atoms with Gasteiger partial charge in [-0.25, -0.2) is 4.98 Å². The number of carbonyl (C=O) groups is 1. The maximum absolute atomic E-state index is 12.1. The van der Waals surface area contributed by atoms with Crippen LogP contribution in [0, 0.1) is 0 Å². The molecule has 0 amide bonds. The minimum absolute atomic E-state index is 0.100. The summed E-state index contributed by atoms with van der Waals surface area (Å²) < 4.78 is 0. The quantitative estimate of drug-likeness (QED) is 0.664. The number of thioether (sulfide) groups is 1. The molecule has 1 aromatic heterocycles. The molecule has 0 aliphatic heterocycles. The monoisotopic (exact) mass is 261 g/mol. The van der Waals surface area contributed by atoms with Gasteiger partial charge in [0.05, 0.1) is 5.25 Å². The fourth-order valence-electron chi connectivity index (χ4n) is 1.54. The molecule has 0 aliphatic rings. The first-order chi connectivity index (χ1) is 8.70. The van der Waals surface area contributed by atoms with E-state index in [0.717, 1.165) is 17.8 Å². The Kier molecular flexibility index (Phi) is 4.15. The first-order valence-corrected chi connectivity index (χ1v) is 6.76. The normalized spacial score (nSPS) is 12.3. The second-order valence-electron chi connectivity index (χ2n) is 3.91. The molecule has 1 N–H and O–H groups in total. The van der Waals surface area contributed by atoms with E-state index < -0.39 is 0 Å². The third-order valence-electron chi connectivity index (χ3n) is 2.56. The average Bonchev–Trinajstić information content (AvgIpc) is 2.86. The van der Waals surface area contributed by atoms with Crippen LogP contribution in [0.25, 0.3) is 0 Å². The zero-order valence-electron chi connectivity index (χ0n) is 10.4. The van der Waals surface area contributed by atoms with E-state index in [4.69, 9.17) is 0 Å². The summed E-state index contributed by atoms with van der Waals surface area (Å²) in [6.45, 7) is 3.88. The summed E-state index contributed by atoms with van der Waals surface area (Å²) in [7, 11) is 0. The summed E-state index contributed by atoms with van der Waals surface area (Å²) in [6, 6.07) is 9.29. The van der Waals surface area contributed by atoms with Gasteiger partial charge in [0.2, 0.25) is 5.16 Å². The molecule has 2 rings (SSSR count). The van der Waals surface area contributed by atoms with Gasteiger partial charge in [0, 0.05) is 12.0 Å². The molecule has 5 heteroatoms. The summed E-state index contributed by atoms with van der Waals surface area (Å²) >= 11 is 1.38. The number of aromatic nitrogens is 3. The van der Waals surface area contributed by atoms with Crippen molar-refractivity contribution in [2.45, 2.75) is 30.7 Å². The van der Waals surface area contributed by atoms with Gasteiger partial charge in [-0.1, -0.05) is 49.0 Å². The van der Waals surface area contributed by atoms with E-state index in [9.17, 15) is 4.79 Å². The van der Waals surface area contributed by atoms with Gasteiger partial charge in [-0.2, -0.15) is 0 Å². The number of carbonyl (C=O) groups excluding carboxylic acids is 1. The maximum Gasteiger partial charge on any atom is 0.209 e. The summed E-state index contributed by atoms with van der Waals surface area (Å²) in [5.41, 5.74) is 0.726. The highest BCUT2D eigenvalue weighted by Gasteiger charge is 2.18. The number of hydrogen-bond donors (Lipinski definition) is 1. The Labute approximate surface area is 110 Å². The van der Waals surface area contributed by atoms with Gasteiger partial charge in [0.25, 0.3) is 0 Å². The van der Waals surface area contributed by atoms with Gasteiger partial charge in [-0.05, 0) is 6.92 Å². The number of benzene rings is 1. The highest BCUT2D eigenvalue weighted by molar-refractivity contribution is 8.00. The maximum atomic E-state index is 12.1. The lowest BCUT2D eigenvalue weighted by Crippen LogP contribution is -2.13. The number of hydrogen-bond acceptors (Lipinski definition) is 4. The molecule has 2 aromatic rings. The van der Waals surface area contributed by atoms with Gasteiger partial charge in [-0.15, -0.1) is 5.10 Å². The molecule has 1 heterocycles. The van der Waals surface area contributed by atoms with Crippen LogP contribution >= 0.6 is 11.8 Å². The largest absolute Gasteiger partial charge is 0.293 e. The molecule has 18 heavy (non-hydrogen) atoms. The van der Waals surface area contributed by atoms with Crippen LogP contribution in [0.2, 0.25) is 0 Å². The molecule has 0 aliphatic carbocycles. The van der Waals surface area contributed by atoms with Crippen LogP contribution in [-0.4, -0.2) is 26.2 Å². The average molecular weight is 261 g/mol. The highest BCUT2D eigenvalue weighted by Crippen LogP contribution is 2.22. The van der Waals surface area contributed by atoms with Crippen molar-refractivity contribution in [2.24, 2.45) is 0 Å². The van der Waals surface area contributed by atoms with Crippen LogP contribution in [-0.2, 0) is 6.42 Å². The van der Waals surface area contributed by atoms with Crippen molar-refractivity contribution in [3.8, 4) is 0 Å². The molecule has 0 saturated heterocycles. The minimum Gasteiger partial charge on any atom is -0.293 e. The predicted molar refractivity (Wildman–Crippen MR) is 71.9 cm³/mol. The molecular weight excluding hydrogens is 246 g/mol. The Balaban J connectivity index is 2.03. The topological polar surface area (TPSA) is 58.6 Å². The second kappa shape index (κ2) is 5.82. The molecule has 0 radical (unpaired) electrons. The molecule has 0 bridgehead atoms. The van der Waals surface area contributed by atoms with Gasteiger partial charge in [0.15, 0.2) is 5.78 Å². The molecule has 4 nitrogen and oxygen atoms in total. The van der Waals surface area contributed by atoms with E-state index in [0.29, 0.717) is 5.16 Å². The number of ketones is 1. The Morgan fingerprint density at radius 2 is 2.11 bits per heavy atom. The van der Waals surface area contributed by atoms with Crippen LogP contribution in [0.3, 0.4) is 0 Å². The third kappa shape index (κ3) is 2.98. The van der Waals surface area contributed by atoms with E-state index >= 15 is 0 Å². The van der Waals surface area contributed by atoms with Crippen molar-refractivity contribution in [1.29, 1.82) is 0 Å². The SMILES string of the molecule is CCc1nc(SC(C)C(=O)c2ccccc2)n[nH]1. The van der Waals surface area contributed by atoms with Gasteiger partial charge >= 0.3 is 0 Å². The van der Waals surface area contributed by atoms with Crippen LogP contribution < -0.4 is 0 Å². The molecule has 1 atom stereocenters. The summed E-state index contributed by atoms with van der Waals surface area (Å²) in [5, 5.41) is 7.37. The van der Waals surface area contributed by atoms with Crippen molar-refractivity contribution in [1.82, 2.24) is 15.2 Å². The second-order valence-corrected chi connectivity index (χ2v) is 5.22. The number of H-pyrrole nitrogens is 1. The molecule has 1 aromatic carbocycles. The zero-order chi connectivity index (χ0) is 13.0. The van der Waals surface area contributed by atoms with Crippen LogP contribution in [0.4, 0.5) is 0 Å². The molecule has 94 valence electrons. The lowest BCUT2D eigenvalue weighted by Gasteiger charge is -2.07. The number of nitrogens with zero attached hydrogens (tertiary/aromatic N) is 2. The van der Waals surface area contributed by atoms with E-state index in [-0.39, 0.29) is 11.0 Å². The molecule has 0 saturated carbocycles.